The summed E-state index contributed by atoms with van der Waals surface area (Å²) in [6, 6.07) is 4.47. The summed E-state index contributed by atoms with van der Waals surface area (Å²) < 4.78 is 3.39. The van der Waals surface area contributed by atoms with Crippen LogP contribution in [-0.2, 0) is 30.6 Å². The third-order valence-electron chi connectivity index (χ3n) is 7.94. The zero-order chi connectivity index (χ0) is 37.6. The van der Waals surface area contributed by atoms with Crippen LogP contribution in [0.4, 0.5) is 10.8 Å². The third-order valence-corrected chi connectivity index (χ3v) is 10.3. The van der Waals surface area contributed by atoms with Crippen molar-refractivity contribution in [2.75, 3.05) is 16.8 Å². The molecule has 5 heterocycles. The smallest absolute Gasteiger partial charge is 0.350 e. The molecule has 270 valence electrons. The second-order valence-corrected chi connectivity index (χ2v) is 14.3. The van der Waals surface area contributed by atoms with Gasteiger partial charge in [0, 0.05) is 34.5 Å². The van der Waals surface area contributed by atoms with Crippen LogP contribution in [0.2, 0.25) is 5.02 Å². The number of nitrogens with one attached hydrogen (secondary N) is 2. The molecule has 1 aromatic carbocycles. The first-order chi connectivity index (χ1) is 24.5. The summed E-state index contributed by atoms with van der Waals surface area (Å²) >= 11 is 8.22. The average Bonchev–Trinajstić information content (AvgIpc) is 3.70. The Kier molecular flexibility index (Phi) is 9.47. The molecule has 2 atom stereocenters. The highest BCUT2D eigenvalue weighted by molar-refractivity contribution is 8.00. The number of nitrogen functional groups attached to an aromatic ring is 1. The van der Waals surface area contributed by atoms with Crippen molar-refractivity contribution >= 4 is 86.4 Å². The highest BCUT2D eigenvalue weighted by Crippen LogP contribution is 2.40. The number of aromatic hydroxyl groups is 2. The molecule has 0 unspecified atom stereocenters. The van der Waals surface area contributed by atoms with Gasteiger partial charge >= 0.3 is 5.97 Å². The second kappa shape index (κ2) is 13.7. The monoisotopic (exact) mass is 770 g/mol. The van der Waals surface area contributed by atoms with Crippen LogP contribution >= 0.6 is 34.7 Å². The van der Waals surface area contributed by atoms with E-state index in [2.05, 4.69) is 20.8 Å². The number of thioether (sulfide) groups is 1. The number of amides is 3. The summed E-state index contributed by atoms with van der Waals surface area (Å²) in [7, 11) is 0. The van der Waals surface area contributed by atoms with Crippen molar-refractivity contribution in [1.29, 1.82) is 0 Å². The Balaban J connectivity index is 1.18. The summed E-state index contributed by atoms with van der Waals surface area (Å²) in [6.07, 6.45) is 5.01. The van der Waals surface area contributed by atoms with Crippen LogP contribution in [0, 0.1) is 0 Å². The van der Waals surface area contributed by atoms with Crippen LogP contribution in [0.25, 0.3) is 5.52 Å². The molecule has 3 aromatic heterocycles. The normalized spacial score (nSPS) is 17.4. The fraction of sp³-hybridized carbons (Fsp3) is 0.226. The van der Waals surface area contributed by atoms with Gasteiger partial charge in [-0.2, -0.15) is 0 Å². The van der Waals surface area contributed by atoms with E-state index in [9.17, 15) is 44.4 Å². The second-order valence-electron chi connectivity index (χ2n) is 11.9. The number of hydrogen-bond acceptors (Lipinski definition) is 14. The predicted molar refractivity (Wildman–Crippen MR) is 183 cm³/mol. The number of carboxylic acid groups (broad SMARTS) is 2. The molecule has 21 heteroatoms. The van der Waals surface area contributed by atoms with Gasteiger partial charge in [0.1, 0.15) is 29.9 Å². The highest BCUT2D eigenvalue weighted by atomic mass is 35.5. The Morgan fingerprint density at radius 2 is 2.00 bits per heavy atom. The lowest BCUT2D eigenvalue weighted by Gasteiger charge is -2.50. The minimum atomic E-state index is -1.81. The number of nitrogens with two attached hydrogens (primary N) is 1. The number of pyridine rings is 1. The fourth-order valence-electron chi connectivity index (χ4n) is 5.22. The topological polar surface area (TPSA) is 265 Å². The molecule has 4 aromatic rings. The Bertz CT molecular complexity index is 2250. The number of imidazole rings is 1. The number of carbonyl (C=O) groups excluding carboxylic acids is 4. The van der Waals surface area contributed by atoms with Crippen LogP contribution in [0.1, 0.15) is 29.9 Å². The minimum Gasteiger partial charge on any atom is -0.543 e. The van der Waals surface area contributed by atoms with Gasteiger partial charge in [0.2, 0.25) is 11.9 Å². The molecule has 2 aliphatic rings. The summed E-state index contributed by atoms with van der Waals surface area (Å²) in [4.78, 5) is 73.5. The maximum absolute atomic E-state index is 13.3. The predicted octanol–water partition coefficient (Wildman–Crippen LogP) is 0.270. The molecule has 6 rings (SSSR count). The summed E-state index contributed by atoms with van der Waals surface area (Å²) in [5, 5.41) is 50.5. The number of carboxylic acids is 2. The molecular formula is C31H27ClN8O10S2. The van der Waals surface area contributed by atoms with E-state index in [1.807, 2.05) is 0 Å². The number of phenolic OH excluding ortho intramolecular Hbond substituents is 2. The molecular weight excluding hydrogens is 744 g/mol. The van der Waals surface area contributed by atoms with Gasteiger partial charge in [0.05, 0.1) is 28.4 Å². The van der Waals surface area contributed by atoms with Gasteiger partial charge in [-0.3, -0.25) is 19.3 Å². The highest BCUT2D eigenvalue weighted by Gasteiger charge is 2.53. The quantitative estimate of drug-likeness (QED) is 0.0394. The van der Waals surface area contributed by atoms with Crippen molar-refractivity contribution in [3.05, 3.63) is 75.9 Å². The van der Waals surface area contributed by atoms with E-state index >= 15 is 0 Å². The van der Waals surface area contributed by atoms with Gasteiger partial charge in [-0.1, -0.05) is 16.8 Å². The number of benzene rings is 1. The van der Waals surface area contributed by atoms with Crippen molar-refractivity contribution in [3.63, 3.8) is 0 Å². The van der Waals surface area contributed by atoms with Crippen molar-refractivity contribution < 1.29 is 53.8 Å². The van der Waals surface area contributed by atoms with E-state index in [1.165, 1.54) is 37.1 Å². The van der Waals surface area contributed by atoms with E-state index in [0.29, 0.717) is 16.8 Å². The van der Waals surface area contributed by atoms with Gasteiger partial charge in [0.25, 0.3) is 17.7 Å². The molecule has 7 N–H and O–H groups in total. The number of fused-ring (bicyclic) bond motifs is 2. The maximum atomic E-state index is 13.3. The Morgan fingerprint density at radius 1 is 1.25 bits per heavy atom. The van der Waals surface area contributed by atoms with Crippen LogP contribution in [0.5, 0.6) is 11.5 Å². The first-order valence-electron chi connectivity index (χ1n) is 15.0. The van der Waals surface area contributed by atoms with Gasteiger partial charge in [0.15, 0.2) is 27.9 Å². The molecule has 3 amide bonds. The van der Waals surface area contributed by atoms with Gasteiger partial charge in [-0.15, -0.1) is 23.1 Å². The maximum Gasteiger partial charge on any atom is 0.350 e. The summed E-state index contributed by atoms with van der Waals surface area (Å²) in [6.45, 7) is 2.49. The molecule has 52 heavy (non-hydrogen) atoms. The molecule has 2 aliphatic heterocycles. The number of aliphatic carboxylic acids is 2. The van der Waals surface area contributed by atoms with Crippen molar-refractivity contribution in [3.8, 4) is 11.5 Å². The lowest BCUT2D eigenvalue weighted by atomic mass is 10.0. The number of hydrogen-bond donors (Lipinski definition) is 6. The number of halogens is 1. The van der Waals surface area contributed by atoms with E-state index in [0.717, 1.165) is 22.3 Å². The SMILES string of the molecule is CC(C)(O/N=C(\C(=O)N[C@@H]1C(=O)N2C(C(=O)[O-])=C(C[n+]3cc4cc(NC(=O)c5ccc(O)c(O)c5Cl)ccn4c3)CS[C@H]12)c1csc(N)n1)C(=O)O. The lowest BCUT2D eigenvalue weighted by molar-refractivity contribution is -0.687. The van der Waals surface area contributed by atoms with E-state index in [-0.39, 0.29) is 39.4 Å². The number of phenols is 2. The number of β-lactam (4-membered cyclic amide) rings is 1. The molecule has 0 spiro atoms. The number of carbonyl (C=O) groups is 5. The van der Waals surface area contributed by atoms with Crippen molar-refractivity contribution in [2.24, 2.45) is 5.16 Å². The van der Waals surface area contributed by atoms with Crippen molar-refractivity contribution in [1.82, 2.24) is 19.6 Å². The van der Waals surface area contributed by atoms with E-state index < -0.39 is 63.9 Å². The molecule has 1 saturated heterocycles. The first-order valence-corrected chi connectivity index (χ1v) is 17.3. The van der Waals surface area contributed by atoms with Crippen LogP contribution < -0.4 is 26.0 Å². The molecule has 0 aliphatic carbocycles. The zero-order valence-corrected chi connectivity index (χ0v) is 29.3. The third kappa shape index (κ3) is 6.77. The summed E-state index contributed by atoms with van der Waals surface area (Å²) in [5.41, 5.74) is 4.38. The van der Waals surface area contributed by atoms with Crippen LogP contribution in [0.3, 0.4) is 0 Å². The molecule has 1 fully saturated rings. The number of thiazole rings is 1. The Hall–Kier alpha value is -5.86. The van der Waals surface area contributed by atoms with Gasteiger partial charge in [-0.05, 0) is 26.0 Å². The molecule has 18 nitrogen and oxygen atoms in total. The largest absolute Gasteiger partial charge is 0.543 e. The molecule has 0 bridgehead atoms. The molecule has 0 radical (unpaired) electrons. The number of anilines is 2. The number of oxime groups is 1. The standard InChI is InChI=1S/C31H27ClN8O10S2/c1-31(2,29(48)49)50-37-20(17-11-52-30(33)35-17)25(44)36-21-26(45)40-22(28(46)47)13(10-51-27(21)40)8-38-9-15-7-14(5-6-39(15)12-38)34-24(43)16-3-4-18(41)23(42)19(16)32/h3-7,9,11-12,21,27H,8,10H2,1-2H3,(H7-,33,34,35,36,37,41,42,43,44,46,47,48,49)/t21-,27-/m1/s1. The number of nitrogens with zero attached hydrogens (tertiary/aromatic N) is 5. The number of rotatable bonds is 11. The van der Waals surface area contributed by atoms with E-state index in [4.69, 9.17) is 22.2 Å². The average molecular weight is 771 g/mol. The van der Waals surface area contributed by atoms with Gasteiger partial charge in [-0.25, -0.2) is 18.7 Å². The Morgan fingerprint density at radius 3 is 2.67 bits per heavy atom. The summed E-state index contributed by atoms with van der Waals surface area (Å²) in [5.74, 6) is -6.16. The van der Waals surface area contributed by atoms with Crippen LogP contribution in [0.15, 0.2) is 64.8 Å². The number of aromatic nitrogens is 3. The molecule has 0 saturated carbocycles. The lowest BCUT2D eigenvalue weighted by Crippen LogP contribution is -2.71. The van der Waals surface area contributed by atoms with Crippen molar-refractivity contribution in [2.45, 2.75) is 37.4 Å². The first kappa shape index (κ1) is 35.9. The van der Waals surface area contributed by atoms with Crippen LogP contribution in [-0.4, -0.2) is 87.7 Å². The minimum absolute atomic E-state index is 0.0211. The Labute approximate surface area is 305 Å². The fourth-order valence-corrected chi connectivity index (χ4v) is 7.34. The van der Waals surface area contributed by atoms with E-state index in [1.54, 1.807) is 39.8 Å². The zero-order valence-electron chi connectivity index (χ0n) is 26.9. The van der Waals surface area contributed by atoms with Gasteiger partial charge < -0.3 is 46.4 Å².